The van der Waals surface area contributed by atoms with Gasteiger partial charge in [-0.1, -0.05) is 53.5 Å². The summed E-state index contributed by atoms with van der Waals surface area (Å²) in [6.45, 7) is 1.28. The number of hydrogen-bond acceptors (Lipinski definition) is 2. The molecule has 0 aliphatic carbocycles. The molecule has 1 amide bonds. The molecule has 3 nitrogen and oxygen atoms in total. The molecule has 0 spiro atoms. The van der Waals surface area contributed by atoms with Crippen molar-refractivity contribution in [3.8, 4) is 5.75 Å². The molecular formula is C17H15Cl2NO2. The van der Waals surface area contributed by atoms with Gasteiger partial charge in [-0.3, -0.25) is 4.79 Å². The van der Waals surface area contributed by atoms with E-state index in [9.17, 15) is 9.90 Å². The number of nitrogens with zero attached hydrogens (tertiary/aromatic N) is 1. The van der Waals surface area contributed by atoms with Gasteiger partial charge in [0.15, 0.2) is 0 Å². The molecule has 1 heterocycles. The van der Waals surface area contributed by atoms with E-state index in [0.717, 1.165) is 6.42 Å². The fourth-order valence-electron chi connectivity index (χ4n) is 2.87. The summed E-state index contributed by atoms with van der Waals surface area (Å²) in [7, 11) is 0. The number of aromatic hydroxyl groups is 1. The van der Waals surface area contributed by atoms with E-state index in [2.05, 4.69) is 12.1 Å². The molecule has 0 saturated carbocycles. The Balaban J connectivity index is 1.80. The maximum Gasteiger partial charge on any atom is 0.259 e. The van der Waals surface area contributed by atoms with Crippen LogP contribution in [0.4, 0.5) is 0 Å². The number of carbonyl (C=O) groups excluding carboxylic acids is 1. The number of phenols is 1. The van der Waals surface area contributed by atoms with Crippen molar-refractivity contribution in [2.45, 2.75) is 12.3 Å². The molecule has 114 valence electrons. The summed E-state index contributed by atoms with van der Waals surface area (Å²) >= 11 is 11.9. The molecule has 1 saturated heterocycles. The van der Waals surface area contributed by atoms with Gasteiger partial charge < -0.3 is 10.0 Å². The van der Waals surface area contributed by atoms with Gasteiger partial charge >= 0.3 is 0 Å². The van der Waals surface area contributed by atoms with Crippen LogP contribution >= 0.6 is 23.2 Å². The van der Waals surface area contributed by atoms with Gasteiger partial charge in [0.25, 0.3) is 5.91 Å². The van der Waals surface area contributed by atoms with Crippen LogP contribution in [0.3, 0.4) is 0 Å². The van der Waals surface area contributed by atoms with Crippen LogP contribution in [0.25, 0.3) is 0 Å². The van der Waals surface area contributed by atoms with Gasteiger partial charge in [0.1, 0.15) is 5.75 Å². The topological polar surface area (TPSA) is 40.5 Å². The predicted molar refractivity (Wildman–Crippen MR) is 87.8 cm³/mol. The number of carbonyl (C=O) groups is 1. The van der Waals surface area contributed by atoms with E-state index in [1.54, 1.807) is 4.90 Å². The molecule has 1 atom stereocenters. The van der Waals surface area contributed by atoms with Gasteiger partial charge in [-0.15, -0.1) is 0 Å². The highest BCUT2D eigenvalue weighted by atomic mass is 35.5. The standard InChI is InChI=1S/C17H15Cl2NO2/c18-13-8-14(19)16(15(21)9-13)17(22)20-7-6-12(10-20)11-4-2-1-3-5-11/h1-5,8-9,12,21H,6-7,10H2. The van der Waals surface area contributed by atoms with E-state index in [4.69, 9.17) is 23.2 Å². The first-order valence-corrected chi connectivity index (χ1v) is 7.84. The zero-order chi connectivity index (χ0) is 15.7. The lowest BCUT2D eigenvalue weighted by atomic mass is 9.99. The van der Waals surface area contributed by atoms with Crippen LogP contribution in [0.2, 0.25) is 10.0 Å². The molecule has 0 aromatic heterocycles. The van der Waals surface area contributed by atoms with Gasteiger partial charge in [-0.05, 0) is 24.1 Å². The third kappa shape index (κ3) is 2.92. The molecule has 1 aliphatic rings. The third-order valence-corrected chi connectivity index (χ3v) is 4.51. The van der Waals surface area contributed by atoms with E-state index in [1.165, 1.54) is 17.7 Å². The van der Waals surface area contributed by atoms with Crippen LogP contribution < -0.4 is 0 Å². The Labute approximate surface area is 139 Å². The second-order valence-corrected chi connectivity index (χ2v) is 6.27. The van der Waals surface area contributed by atoms with Crippen molar-refractivity contribution in [2.75, 3.05) is 13.1 Å². The van der Waals surface area contributed by atoms with Crippen molar-refractivity contribution in [2.24, 2.45) is 0 Å². The molecule has 1 unspecified atom stereocenters. The largest absolute Gasteiger partial charge is 0.507 e. The third-order valence-electron chi connectivity index (χ3n) is 3.99. The van der Waals surface area contributed by atoms with Crippen LogP contribution in [0, 0.1) is 0 Å². The van der Waals surface area contributed by atoms with Crippen LogP contribution in [-0.4, -0.2) is 29.0 Å². The minimum Gasteiger partial charge on any atom is -0.507 e. The van der Waals surface area contributed by atoms with Crippen molar-refractivity contribution in [1.82, 2.24) is 4.90 Å². The summed E-state index contributed by atoms with van der Waals surface area (Å²) in [5.41, 5.74) is 1.35. The molecule has 5 heteroatoms. The predicted octanol–water partition coefficient (Wildman–Crippen LogP) is 4.33. The SMILES string of the molecule is O=C(c1c(O)cc(Cl)cc1Cl)N1CCC(c2ccccc2)C1. The van der Waals surface area contributed by atoms with Crippen LogP contribution in [-0.2, 0) is 0 Å². The van der Waals surface area contributed by atoms with Gasteiger partial charge in [0.2, 0.25) is 0 Å². The number of hydrogen-bond donors (Lipinski definition) is 1. The molecule has 2 aromatic carbocycles. The zero-order valence-corrected chi connectivity index (χ0v) is 13.3. The lowest BCUT2D eigenvalue weighted by Gasteiger charge is -2.18. The second-order valence-electron chi connectivity index (χ2n) is 5.43. The Morgan fingerprint density at radius 2 is 1.91 bits per heavy atom. The van der Waals surface area contributed by atoms with Crippen molar-refractivity contribution < 1.29 is 9.90 Å². The summed E-state index contributed by atoms with van der Waals surface area (Å²) in [6.07, 6.45) is 0.904. The van der Waals surface area contributed by atoms with Gasteiger partial charge in [0.05, 0.1) is 10.6 Å². The number of benzene rings is 2. The monoisotopic (exact) mass is 335 g/mol. The fraction of sp³-hybridized carbons (Fsp3) is 0.235. The first-order chi connectivity index (χ1) is 10.6. The summed E-state index contributed by atoms with van der Waals surface area (Å²) < 4.78 is 0. The lowest BCUT2D eigenvalue weighted by molar-refractivity contribution is 0.0788. The average molecular weight is 336 g/mol. The Kier molecular flexibility index (Phi) is 4.27. The maximum atomic E-state index is 12.6. The Bertz CT molecular complexity index is 680. The van der Waals surface area contributed by atoms with Crippen molar-refractivity contribution in [3.05, 3.63) is 63.6 Å². The quantitative estimate of drug-likeness (QED) is 0.887. The van der Waals surface area contributed by atoms with Gasteiger partial charge in [-0.25, -0.2) is 0 Å². The van der Waals surface area contributed by atoms with Crippen LogP contribution in [0.15, 0.2) is 42.5 Å². The summed E-state index contributed by atoms with van der Waals surface area (Å²) in [5.74, 6) is -0.110. The minimum absolute atomic E-state index is 0.125. The number of amides is 1. The molecule has 2 aromatic rings. The molecule has 0 bridgehead atoms. The highest BCUT2D eigenvalue weighted by Gasteiger charge is 2.30. The van der Waals surface area contributed by atoms with Gasteiger partial charge in [0, 0.05) is 24.0 Å². The van der Waals surface area contributed by atoms with E-state index in [-0.39, 0.29) is 22.2 Å². The van der Waals surface area contributed by atoms with E-state index < -0.39 is 0 Å². The van der Waals surface area contributed by atoms with Crippen molar-refractivity contribution in [3.63, 3.8) is 0 Å². The molecule has 1 fully saturated rings. The number of likely N-dealkylation sites (tertiary alicyclic amines) is 1. The lowest BCUT2D eigenvalue weighted by Crippen LogP contribution is -2.28. The van der Waals surface area contributed by atoms with Crippen molar-refractivity contribution in [1.29, 1.82) is 0 Å². The second kappa shape index (κ2) is 6.19. The molecule has 1 N–H and O–H groups in total. The molecular weight excluding hydrogens is 321 g/mol. The van der Waals surface area contributed by atoms with Gasteiger partial charge in [-0.2, -0.15) is 0 Å². The normalized spacial score (nSPS) is 17.7. The molecule has 1 aliphatic heterocycles. The van der Waals surface area contributed by atoms with E-state index in [1.807, 2.05) is 18.2 Å². The van der Waals surface area contributed by atoms with Crippen LogP contribution in [0.5, 0.6) is 5.75 Å². The van der Waals surface area contributed by atoms with Crippen molar-refractivity contribution >= 4 is 29.1 Å². The summed E-state index contributed by atoms with van der Waals surface area (Å²) in [6, 6.07) is 12.9. The highest BCUT2D eigenvalue weighted by molar-refractivity contribution is 6.37. The first-order valence-electron chi connectivity index (χ1n) is 7.08. The fourth-order valence-corrected chi connectivity index (χ4v) is 3.44. The minimum atomic E-state index is -0.252. The Morgan fingerprint density at radius 1 is 1.18 bits per heavy atom. The highest BCUT2D eigenvalue weighted by Crippen LogP contribution is 2.34. The molecule has 22 heavy (non-hydrogen) atoms. The first kappa shape index (κ1) is 15.2. The number of rotatable bonds is 2. The summed E-state index contributed by atoms with van der Waals surface area (Å²) in [5, 5.41) is 10.5. The Hall–Kier alpha value is -1.71. The van der Waals surface area contributed by atoms with Crippen LogP contribution in [0.1, 0.15) is 28.3 Å². The smallest absolute Gasteiger partial charge is 0.259 e. The molecule has 3 rings (SSSR count). The maximum absolute atomic E-state index is 12.6. The zero-order valence-electron chi connectivity index (χ0n) is 11.8. The average Bonchev–Trinajstić information content (AvgIpc) is 2.97. The Morgan fingerprint density at radius 3 is 2.59 bits per heavy atom. The van der Waals surface area contributed by atoms with E-state index >= 15 is 0 Å². The number of halogens is 2. The summed E-state index contributed by atoms with van der Waals surface area (Å²) in [4.78, 5) is 14.3. The number of phenolic OH excluding ortho intramolecular Hbond substituents is 1. The molecule has 0 radical (unpaired) electrons. The van der Waals surface area contributed by atoms with E-state index in [0.29, 0.717) is 24.0 Å².